The van der Waals surface area contributed by atoms with Crippen molar-refractivity contribution < 1.29 is 14.4 Å². The summed E-state index contributed by atoms with van der Waals surface area (Å²) < 4.78 is 0. The van der Waals surface area contributed by atoms with Gasteiger partial charge in [0.05, 0.1) is 6.54 Å². The van der Waals surface area contributed by atoms with Gasteiger partial charge in [0.1, 0.15) is 0 Å². The quantitative estimate of drug-likeness (QED) is 0.461. The molecule has 0 aliphatic heterocycles. The van der Waals surface area contributed by atoms with Crippen LogP contribution in [0.2, 0.25) is 0 Å². The van der Waals surface area contributed by atoms with E-state index in [-0.39, 0.29) is 17.7 Å². The third-order valence-electron chi connectivity index (χ3n) is 3.41. The second kappa shape index (κ2) is 12.8. The van der Waals surface area contributed by atoms with Crippen LogP contribution in [0.4, 0.5) is 0 Å². The highest BCUT2D eigenvalue weighted by Gasteiger charge is 2.06. The summed E-state index contributed by atoms with van der Waals surface area (Å²) in [5.41, 5.74) is 0. The Morgan fingerprint density at radius 2 is 1.12 bits per heavy atom. The van der Waals surface area contributed by atoms with Crippen molar-refractivity contribution in [2.45, 2.75) is 19.3 Å². The third-order valence-corrected chi connectivity index (χ3v) is 3.41. The molecular formula is C17H32N6O3. The molecule has 0 unspecified atom stereocenters. The van der Waals surface area contributed by atoms with E-state index in [4.69, 9.17) is 0 Å². The Labute approximate surface area is 156 Å². The largest absolute Gasteiger partial charge is 0.364 e. The molecule has 3 amide bonds. The summed E-state index contributed by atoms with van der Waals surface area (Å²) in [6.07, 6.45) is 0.955. The molecule has 2 N–H and O–H groups in total. The average molecular weight is 368 g/mol. The molecule has 0 saturated heterocycles. The lowest BCUT2D eigenvalue weighted by Crippen LogP contribution is -2.33. The van der Waals surface area contributed by atoms with Crippen LogP contribution in [0.25, 0.3) is 0 Å². The minimum absolute atomic E-state index is 0.00755. The minimum atomic E-state index is -0.00817. The molecule has 9 nitrogen and oxygen atoms in total. The van der Waals surface area contributed by atoms with Crippen LogP contribution in [0.5, 0.6) is 0 Å². The van der Waals surface area contributed by atoms with Gasteiger partial charge in [0.15, 0.2) is 5.82 Å². The molecule has 0 atom stereocenters. The summed E-state index contributed by atoms with van der Waals surface area (Å²) in [5.74, 6) is 3.33. The predicted octanol–water partition coefficient (Wildman–Crippen LogP) is -0.888. The molecule has 148 valence electrons. The lowest BCUT2D eigenvalue weighted by molar-refractivity contribution is -0.129. The molecule has 0 heterocycles. The number of rotatable bonds is 11. The maximum Gasteiger partial charge on any atom is 0.223 e. The highest BCUT2D eigenvalue weighted by molar-refractivity contribution is 5.76. The average Bonchev–Trinajstić information content (AvgIpc) is 2.56. The SMILES string of the molecule is CN(C)C(=O)CCN=C=C(NCCC(=O)N(C)C)NCCC(=O)N(C)C. The zero-order chi connectivity index (χ0) is 20.1. The summed E-state index contributed by atoms with van der Waals surface area (Å²) in [7, 11) is 10.2. The van der Waals surface area contributed by atoms with Gasteiger partial charge in [0.25, 0.3) is 0 Å². The van der Waals surface area contributed by atoms with Crippen molar-refractivity contribution in [3.05, 3.63) is 5.82 Å². The van der Waals surface area contributed by atoms with Gasteiger partial charge in [0, 0.05) is 80.5 Å². The van der Waals surface area contributed by atoms with Crippen molar-refractivity contribution in [3.8, 4) is 0 Å². The van der Waals surface area contributed by atoms with Gasteiger partial charge in [-0.2, -0.15) is 0 Å². The van der Waals surface area contributed by atoms with Gasteiger partial charge in [0.2, 0.25) is 17.7 Å². The number of nitrogens with zero attached hydrogens (tertiary/aromatic N) is 4. The van der Waals surface area contributed by atoms with E-state index in [1.54, 1.807) is 42.3 Å². The molecule has 0 aliphatic carbocycles. The van der Waals surface area contributed by atoms with E-state index in [1.807, 2.05) is 0 Å². The molecule has 9 heteroatoms. The van der Waals surface area contributed by atoms with Gasteiger partial charge in [-0.3, -0.25) is 14.4 Å². The first-order valence-electron chi connectivity index (χ1n) is 8.52. The van der Waals surface area contributed by atoms with E-state index < -0.39 is 0 Å². The number of aliphatic imine (C=N–C) groups is 1. The Bertz CT molecular complexity index is 509. The van der Waals surface area contributed by atoms with Crippen LogP contribution in [0.15, 0.2) is 10.8 Å². The minimum Gasteiger partial charge on any atom is -0.364 e. The topological polar surface area (TPSA) is 97.4 Å². The first-order chi connectivity index (χ1) is 12.1. The Kier molecular flexibility index (Phi) is 11.5. The fourth-order valence-corrected chi connectivity index (χ4v) is 1.69. The highest BCUT2D eigenvalue weighted by Crippen LogP contribution is 1.90. The van der Waals surface area contributed by atoms with Gasteiger partial charge in [-0.05, 0) is 0 Å². The van der Waals surface area contributed by atoms with Crippen molar-refractivity contribution in [2.75, 3.05) is 61.9 Å². The molecule has 26 heavy (non-hydrogen) atoms. The normalized spacial score (nSPS) is 9.62. The molecule has 0 aromatic rings. The van der Waals surface area contributed by atoms with Crippen molar-refractivity contribution in [3.63, 3.8) is 0 Å². The van der Waals surface area contributed by atoms with Crippen LogP contribution in [-0.4, -0.2) is 100 Å². The van der Waals surface area contributed by atoms with E-state index in [0.29, 0.717) is 44.7 Å². The Morgan fingerprint density at radius 3 is 1.50 bits per heavy atom. The van der Waals surface area contributed by atoms with Crippen LogP contribution in [0.1, 0.15) is 19.3 Å². The predicted molar refractivity (Wildman–Crippen MR) is 102 cm³/mol. The van der Waals surface area contributed by atoms with E-state index in [0.717, 1.165) is 0 Å². The lowest BCUT2D eigenvalue weighted by Gasteiger charge is -2.14. The summed E-state index contributed by atoms with van der Waals surface area (Å²) in [5, 5.41) is 6.10. The molecule has 0 aromatic heterocycles. The second-order valence-corrected chi connectivity index (χ2v) is 6.34. The van der Waals surface area contributed by atoms with Crippen molar-refractivity contribution in [1.82, 2.24) is 25.3 Å². The summed E-state index contributed by atoms with van der Waals surface area (Å²) >= 11 is 0. The van der Waals surface area contributed by atoms with Gasteiger partial charge >= 0.3 is 0 Å². The third kappa shape index (κ3) is 11.1. The number of hydrogen-bond acceptors (Lipinski definition) is 6. The first-order valence-corrected chi connectivity index (χ1v) is 8.52. The Balaban J connectivity index is 4.65. The van der Waals surface area contributed by atoms with Crippen LogP contribution >= 0.6 is 0 Å². The number of hydrogen-bond donors (Lipinski definition) is 2. The maximum atomic E-state index is 11.6. The van der Waals surface area contributed by atoms with E-state index in [9.17, 15) is 14.4 Å². The Hall–Kier alpha value is -2.54. The molecule has 0 spiro atoms. The van der Waals surface area contributed by atoms with Crippen molar-refractivity contribution >= 4 is 23.6 Å². The molecular weight excluding hydrogens is 336 g/mol. The monoisotopic (exact) mass is 368 g/mol. The number of carbonyl (C=O) groups is 3. The van der Waals surface area contributed by atoms with E-state index >= 15 is 0 Å². The van der Waals surface area contributed by atoms with Crippen molar-refractivity contribution in [2.24, 2.45) is 4.99 Å². The van der Waals surface area contributed by atoms with Crippen LogP contribution < -0.4 is 10.6 Å². The van der Waals surface area contributed by atoms with Gasteiger partial charge in [-0.1, -0.05) is 0 Å². The molecule has 0 radical (unpaired) electrons. The number of carbonyl (C=O) groups excluding carboxylic acids is 3. The molecule has 0 aromatic carbocycles. The van der Waals surface area contributed by atoms with Gasteiger partial charge in [-0.15, -0.1) is 0 Å². The number of amides is 3. The van der Waals surface area contributed by atoms with Crippen LogP contribution in [0, 0.1) is 0 Å². The van der Waals surface area contributed by atoms with Gasteiger partial charge in [-0.25, -0.2) is 4.99 Å². The zero-order valence-electron chi connectivity index (χ0n) is 16.8. The lowest BCUT2D eigenvalue weighted by atomic mass is 10.3. The molecule has 0 saturated carbocycles. The first kappa shape index (κ1) is 23.5. The van der Waals surface area contributed by atoms with Crippen LogP contribution in [-0.2, 0) is 14.4 Å². The van der Waals surface area contributed by atoms with Gasteiger partial charge < -0.3 is 25.3 Å². The highest BCUT2D eigenvalue weighted by atomic mass is 16.2. The fraction of sp³-hybridized carbons (Fsp3) is 0.706. The molecule has 0 rings (SSSR count). The summed E-state index contributed by atoms with van der Waals surface area (Å²) in [6.45, 7) is 1.15. The van der Waals surface area contributed by atoms with E-state index in [1.165, 1.54) is 14.7 Å². The smallest absolute Gasteiger partial charge is 0.223 e. The molecule has 0 fully saturated rings. The standard InChI is InChI=1S/C17H32N6O3/c1-21(2)15(24)7-10-18-13-14(19-11-8-16(25)22(3)4)20-12-9-17(26)23(5)6/h19-20H,7-12H2,1-6H3. The van der Waals surface area contributed by atoms with Crippen LogP contribution in [0.3, 0.4) is 0 Å². The summed E-state index contributed by atoms with van der Waals surface area (Å²) in [4.78, 5) is 43.4. The fourth-order valence-electron chi connectivity index (χ4n) is 1.69. The van der Waals surface area contributed by atoms with Crippen molar-refractivity contribution in [1.29, 1.82) is 0 Å². The maximum absolute atomic E-state index is 11.6. The van der Waals surface area contributed by atoms with E-state index in [2.05, 4.69) is 21.5 Å². The second-order valence-electron chi connectivity index (χ2n) is 6.34. The number of nitrogens with one attached hydrogen (secondary N) is 2. The molecule has 0 bridgehead atoms. The summed E-state index contributed by atoms with van der Waals surface area (Å²) in [6, 6.07) is 0. The molecule has 0 aliphatic rings. The zero-order valence-corrected chi connectivity index (χ0v) is 16.8. The Morgan fingerprint density at radius 1 is 0.731 bits per heavy atom.